The van der Waals surface area contributed by atoms with Gasteiger partial charge in [0.25, 0.3) is 0 Å². The second-order valence-corrected chi connectivity index (χ2v) is 4.82. The molecule has 1 N–H and O–H groups in total. The maximum Gasteiger partial charge on any atom is 0.0711 e. The standard InChI is InChI=1S/C11H20O/c1-3-9-7-11(9,12)10-6-4-5-8(10)2/h8-10,12H,3-7H2,1-2H3. The number of hydrogen-bond acceptors (Lipinski definition) is 1. The molecular formula is C11H20O. The van der Waals surface area contributed by atoms with Crippen molar-refractivity contribution in [2.45, 2.75) is 51.6 Å². The van der Waals surface area contributed by atoms with Gasteiger partial charge in [-0.2, -0.15) is 0 Å². The fraction of sp³-hybridized carbons (Fsp3) is 1.00. The zero-order chi connectivity index (χ0) is 8.77. The number of rotatable bonds is 2. The number of aliphatic hydroxyl groups is 1. The van der Waals surface area contributed by atoms with Crippen LogP contribution >= 0.6 is 0 Å². The molecule has 4 unspecified atom stereocenters. The Balaban J connectivity index is 2.01. The monoisotopic (exact) mass is 168 g/mol. The Morgan fingerprint density at radius 2 is 2.17 bits per heavy atom. The van der Waals surface area contributed by atoms with Gasteiger partial charge in [0.1, 0.15) is 0 Å². The summed E-state index contributed by atoms with van der Waals surface area (Å²) in [4.78, 5) is 0. The van der Waals surface area contributed by atoms with Gasteiger partial charge in [0, 0.05) is 0 Å². The minimum Gasteiger partial charge on any atom is -0.389 e. The van der Waals surface area contributed by atoms with Gasteiger partial charge in [-0.05, 0) is 30.6 Å². The van der Waals surface area contributed by atoms with E-state index in [9.17, 15) is 5.11 Å². The van der Waals surface area contributed by atoms with Crippen molar-refractivity contribution in [3.8, 4) is 0 Å². The Morgan fingerprint density at radius 3 is 2.58 bits per heavy atom. The molecule has 2 aliphatic rings. The summed E-state index contributed by atoms with van der Waals surface area (Å²) >= 11 is 0. The van der Waals surface area contributed by atoms with Gasteiger partial charge in [-0.25, -0.2) is 0 Å². The van der Waals surface area contributed by atoms with Gasteiger partial charge in [0.15, 0.2) is 0 Å². The molecule has 0 bridgehead atoms. The van der Waals surface area contributed by atoms with Crippen LogP contribution in [-0.2, 0) is 0 Å². The Hall–Kier alpha value is -0.0400. The van der Waals surface area contributed by atoms with Crippen molar-refractivity contribution in [1.82, 2.24) is 0 Å². The topological polar surface area (TPSA) is 20.2 Å². The molecule has 0 aromatic heterocycles. The quantitative estimate of drug-likeness (QED) is 0.672. The van der Waals surface area contributed by atoms with E-state index in [1.54, 1.807) is 0 Å². The summed E-state index contributed by atoms with van der Waals surface area (Å²) in [6.07, 6.45) is 6.19. The smallest absolute Gasteiger partial charge is 0.0711 e. The van der Waals surface area contributed by atoms with E-state index in [0.717, 1.165) is 12.3 Å². The Bertz CT molecular complexity index is 178. The van der Waals surface area contributed by atoms with Crippen LogP contribution in [-0.4, -0.2) is 10.7 Å². The molecule has 0 aliphatic heterocycles. The van der Waals surface area contributed by atoms with Gasteiger partial charge < -0.3 is 5.11 Å². The van der Waals surface area contributed by atoms with Gasteiger partial charge in [0.2, 0.25) is 0 Å². The minimum atomic E-state index is -0.231. The zero-order valence-corrected chi connectivity index (χ0v) is 8.21. The predicted octanol–water partition coefficient (Wildman–Crippen LogP) is 2.58. The second-order valence-electron chi connectivity index (χ2n) is 4.82. The lowest BCUT2D eigenvalue weighted by Crippen LogP contribution is -2.26. The molecule has 0 saturated heterocycles. The molecule has 1 heteroatoms. The van der Waals surface area contributed by atoms with Crippen LogP contribution < -0.4 is 0 Å². The molecule has 0 spiro atoms. The third-order valence-electron chi connectivity index (χ3n) is 4.12. The number of hydrogen-bond donors (Lipinski definition) is 1. The molecule has 0 heterocycles. The van der Waals surface area contributed by atoms with Crippen molar-refractivity contribution in [3.05, 3.63) is 0 Å². The second kappa shape index (κ2) is 2.73. The van der Waals surface area contributed by atoms with Crippen molar-refractivity contribution >= 4 is 0 Å². The normalized spacial score (nSPS) is 52.8. The molecule has 1 nitrogen and oxygen atoms in total. The average Bonchev–Trinajstić information content (AvgIpc) is 2.50. The lowest BCUT2D eigenvalue weighted by atomic mass is 9.88. The van der Waals surface area contributed by atoms with Crippen molar-refractivity contribution in [3.63, 3.8) is 0 Å². The van der Waals surface area contributed by atoms with Crippen LogP contribution in [0.1, 0.15) is 46.0 Å². The molecular weight excluding hydrogens is 148 g/mol. The van der Waals surface area contributed by atoms with Crippen molar-refractivity contribution < 1.29 is 5.11 Å². The summed E-state index contributed by atoms with van der Waals surface area (Å²) in [5.41, 5.74) is -0.231. The van der Waals surface area contributed by atoms with Crippen LogP contribution in [0.5, 0.6) is 0 Å². The molecule has 0 aromatic rings. The fourth-order valence-electron chi connectivity index (χ4n) is 3.18. The summed E-state index contributed by atoms with van der Waals surface area (Å²) in [7, 11) is 0. The van der Waals surface area contributed by atoms with Crippen LogP contribution in [0.3, 0.4) is 0 Å². The lowest BCUT2D eigenvalue weighted by molar-refractivity contribution is 0.0484. The van der Waals surface area contributed by atoms with E-state index in [4.69, 9.17) is 0 Å². The maximum absolute atomic E-state index is 10.3. The highest BCUT2D eigenvalue weighted by atomic mass is 16.3. The first kappa shape index (κ1) is 8.55. The molecule has 70 valence electrons. The van der Waals surface area contributed by atoms with E-state index in [2.05, 4.69) is 13.8 Å². The first-order valence-electron chi connectivity index (χ1n) is 5.41. The Labute approximate surface area is 75.2 Å². The van der Waals surface area contributed by atoms with Crippen LogP contribution in [0.4, 0.5) is 0 Å². The third-order valence-corrected chi connectivity index (χ3v) is 4.12. The summed E-state index contributed by atoms with van der Waals surface area (Å²) in [6, 6.07) is 0. The van der Waals surface area contributed by atoms with E-state index >= 15 is 0 Å². The summed E-state index contributed by atoms with van der Waals surface area (Å²) in [6.45, 7) is 4.50. The first-order chi connectivity index (χ1) is 5.68. The van der Waals surface area contributed by atoms with Gasteiger partial charge in [-0.3, -0.25) is 0 Å². The highest BCUT2D eigenvalue weighted by Gasteiger charge is 2.58. The van der Waals surface area contributed by atoms with E-state index in [1.165, 1.54) is 25.7 Å². The Kier molecular flexibility index (Phi) is 1.95. The molecule has 0 radical (unpaired) electrons. The SMILES string of the molecule is CCC1CC1(O)C1CCCC1C. The van der Waals surface area contributed by atoms with Crippen LogP contribution in [0, 0.1) is 17.8 Å². The molecule has 0 amide bonds. The van der Waals surface area contributed by atoms with E-state index < -0.39 is 0 Å². The molecule has 2 aliphatic carbocycles. The molecule has 4 atom stereocenters. The van der Waals surface area contributed by atoms with E-state index in [1.807, 2.05) is 0 Å². The van der Waals surface area contributed by atoms with E-state index in [0.29, 0.717) is 11.8 Å². The van der Waals surface area contributed by atoms with E-state index in [-0.39, 0.29) is 5.60 Å². The van der Waals surface area contributed by atoms with Crippen LogP contribution in [0.25, 0.3) is 0 Å². The zero-order valence-electron chi connectivity index (χ0n) is 8.21. The molecule has 2 rings (SSSR count). The highest BCUT2D eigenvalue weighted by Crippen LogP contribution is 2.56. The Morgan fingerprint density at radius 1 is 1.42 bits per heavy atom. The van der Waals surface area contributed by atoms with Gasteiger partial charge in [0.05, 0.1) is 5.60 Å². The highest BCUT2D eigenvalue weighted by molar-refractivity contribution is 5.09. The first-order valence-corrected chi connectivity index (χ1v) is 5.41. The van der Waals surface area contributed by atoms with Crippen molar-refractivity contribution in [2.75, 3.05) is 0 Å². The molecule has 12 heavy (non-hydrogen) atoms. The van der Waals surface area contributed by atoms with Crippen molar-refractivity contribution in [2.24, 2.45) is 17.8 Å². The van der Waals surface area contributed by atoms with Gasteiger partial charge >= 0.3 is 0 Å². The largest absolute Gasteiger partial charge is 0.389 e. The molecule has 2 saturated carbocycles. The van der Waals surface area contributed by atoms with Gasteiger partial charge in [-0.1, -0.05) is 33.1 Å². The molecule has 2 fully saturated rings. The average molecular weight is 168 g/mol. The lowest BCUT2D eigenvalue weighted by Gasteiger charge is -2.22. The maximum atomic E-state index is 10.3. The molecule has 0 aromatic carbocycles. The van der Waals surface area contributed by atoms with Gasteiger partial charge in [-0.15, -0.1) is 0 Å². The fourth-order valence-corrected chi connectivity index (χ4v) is 3.18. The van der Waals surface area contributed by atoms with Crippen LogP contribution in [0.15, 0.2) is 0 Å². The third kappa shape index (κ3) is 1.10. The summed E-state index contributed by atoms with van der Waals surface area (Å²) in [5, 5.41) is 10.3. The van der Waals surface area contributed by atoms with Crippen molar-refractivity contribution in [1.29, 1.82) is 0 Å². The van der Waals surface area contributed by atoms with Crippen LogP contribution in [0.2, 0.25) is 0 Å². The predicted molar refractivity (Wildman–Crippen MR) is 49.9 cm³/mol. The summed E-state index contributed by atoms with van der Waals surface area (Å²) in [5.74, 6) is 2.03. The minimum absolute atomic E-state index is 0.231. The summed E-state index contributed by atoms with van der Waals surface area (Å²) < 4.78 is 0.